The Bertz CT molecular complexity index is 1410. The van der Waals surface area contributed by atoms with Gasteiger partial charge in [-0.15, -0.1) is 11.3 Å². The van der Waals surface area contributed by atoms with Crippen LogP contribution in [-0.4, -0.2) is 46.2 Å². The Morgan fingerprint density at radius 1 is 1.33 bits per heavy atom. The zero-order valence-corrected chi connectivity index (χ0v) is 22.4. The van der Waals surface area contributed by atoms with Crippen LogP contribution in [-0.2, 0) is 31.7 Å². The molecule has 0 spiro atoms. The highest BCUT2D eigenvalue weighted by atomic mass is 35.5. The third-order valence-electron chi connectivity index (χ3n) is 6.03. The highest BCUT2D eigenvalue weighted by molar-refractivity contribution is 7.85. The van der Waals surface area contributed by atoms with Gasteiger partial charge < -0.3 is 5.11 Å². The third kappa shape index (κ3) is 6.43. The molecule has 1 aliphatic rings. The van der Waals surface area contributed by atoms with Crippen molar-refractivity contribution in [1.29, 1.82) is 0 Å². The predicted molar refractivity (Wildman–Crippen MR) is 136 cm³/mol. The molecule has 1 aliphatic carbocycles. The van der Waals surface area contributed by atoms with Crippen LogP contribution in [0.1, 0.15) is 38.6 Å². The van der Waals surface area contributed by atoms with Gasteiger partial charge in [-0.2, -0.15) is 8.42 Å². The summed E-state index contributed by atoms with van der Waals surface area (Å²) in [5.74, 6) is -0.703. The summed E-state index contributed by atoms with van der Waals surface area (Å²) >= 11 is 7.29. The summed E-state index contributed by atoms with van der Waals surface area (Å²) in [5, 5.41) is 15.7. The first-order chi connectivity index (χ1) is 17.0. The fourth-order valence-corrected chi connectivity index (χ4v) is 7.42. The number of thiophene rings is 1. The quantitative estimate of drug-likeness (QED) is 0.373. The van der Waals surface area contributed by atoms with E-state index in [1.165, 1.54) is 23.9 Å². The minimum atomic E-state index is -4.09. The summed E-state index contributed by atoms with van der Waals surface area (Å²) in [6.07, 6.45) is 3.38. The molecule has 0 bridgehead atoms. The first-order valence-electron chi connectivity index (χ1n) is 11.0. The standard InChI is InChI=1S/C23H24ClN3O6S3/c1-13-22(35(30)17-4-2-3-16(24)8-17)9-21(34-13)23(29)18-10-26-12-27-19(18)6-14-5-15(20(28)7-14)11-33-36(25,31)32/h2-4,8-10,12,14-15,20,28H,5-7,11H2,1H3,(H2,25,31,32)/t14-,15+,20-,35?/m0/s1. The first-order valence-corrected chi connectivity index (χ1v) is 14.8. The number of rotatable bonds is 9. The number of nitrogens with two attached hydrogens (primary N) is 1. The van der Waals surface area contributed by atoms with E-state index >= 15 is 0 Å². The number of ketones is 1. The van der Waals surface area contributed by atoms with Gasteiger partial charge in [0.05, 0.1) is 44.5 Å². The molecule has 1 fully saturated rings. The molecule has 192 valence electrons. The van der Waals surface area contributed by atoms with Crippen molar-refractivity contribution in [3.63, 3.8) is 0 Å². The van der Waals surface area contributed by atoms with Crippen LogP contribution < -0.4 is 5.14 Å². The molecule has 3 N–H and O–H groups in total. The fourth-order valence-electron chi connectivity index (χ4n) is 4.33. The Kier molecular flexibility index (Phi) is 8.35. The van der Waals surface area contributed by atoms with Crippen LogP contribution in [0.3, 0.4) is 0 Å². The van der Waals surface area contributed by atoms with Gasteiger partial charge in [-0.1, -0.05) is 17.7 Å². The molecule has 13 heteroatoms. The maximum Gasteiger partial charge on any atom is 0.333 e. The van der Waals surface area contributed by atoms with Crippen LogP contribution in [0.2, 0.25) is 5.02 Å². The SMILES string of the molecule is Cc1sc(C(=O)c2cncnc2C[C@@H]2C[C@H](COS(N)(=O)=O)[C@@H](O)C2)cc1S(=O)c1cccc(Cl)c1. The molecule has 2 heterocycles. The minimum Gasteiger partial charge on any atom is -0.393 e. The molecule has 36 heavy (non-hydrogen) atoms. The van der Waals surface area contributed by atoms with E-state index in [0.717, 1.165) is 4.88 Å². The summed E-state index contributed by atoms with van der Waals surface area (Å²) in [5.41, 5.74) is 0.862. The fraction of sp³-hybridized carbons (Fsp3) is 0.348. The number of aromatic nitrogens is 2. The number of carbonyl (C=O) groups excluding carboxylic acids is 1. The van der Waals surface area contributed by atoms with Gasteiger partial charge in [0, 0.05) is 26.9 Å². The van der Waals surface area contributed by atoms with Crippen molar-refractivity contribution in [3.05, 3.63) is 68.9 Å². The average Bonchev–Trinajstić information content (AvgIpc) is 3.38. The average molecular weight is 570 g/mol. The number of nitrogens with zero attached hydrogens (tertiary/aromatic N) is 2. The van der Waals surface area contributed by atoms with Crippen molar-refractivity contribution in [2.45, 2.75) is 42.1 Å². The summed E-state index contributed by atoms with van der Waals surface area (Å²) in [6, 6.07) is 8.42. The first kappa shape index (κ1) is 27.0. The summed E-state index contributed by atoms with van der Waals surface area (Å²) in [7, 11) is -5.59. The number of halogens is 1. The molecule has 2 aromatic heterocycles. The lowest BCUT2D eigenvalue weighted by Gasteiger charge is -2.13. The van der Waals surface area contributed by atoms with Crippen LogP contribution >= 0.6 is 22.9 Å². The molecule has 4 atom stereocenters. The normalized spacial score (nSPS) is 20.9. The molecule has 9 nitrogen and oxygen atoms in total. The molecule has 1 saturated carbocycles. The van der Waals surface area contributed by atoms with Crippen molar-refractivity contribution >= 4 is 49.8 Å². The van der Waals surface area contributed by atoms with Crippen LogP contribution in [0.5, 0.6) is 0 Å². The lowest BCUT2D eigenvalue weighted by atomic mass is 9.96. The Hall–Kier alpha value is -2.06. The largest absolute Gasteiger partial charge is 0.393 e. The van der Waals surface area contributed by atoms with E-state index in [-0.39, 0.29) is 18.3 Å². The van der Waals surface area contributed by atoms with Gasteiger partial charge in [0.1, 0.15) is 6.33 Å². The summed E-state index contributed by atoms with van der Waals surface area (Å²) < 4.78 is 39.9. The molecular formula is C23H24ClN3O6S3. The number of hydrogen-bond donors (Lipinski definition) is 2. The molecule has 0 amide bonds. The van der Waals surface area contributed by atoms with Crippen molar-refractivity contribution in [2.75, 3.05) is 6.61 Å². The zero-order chi connectivity index (χ0) is 26.0. The number of aliphatic hydroxyl groups excluding tert-OH is 1. The zero-order valence-electron chi connectivity index (χ0n) is 19.2. The van der Waals surface area contributed by atoms with Gasteiger partial charge in [0.15, 0.2) is 0 Å². The second kappa shape index (κ2) is 11.1. The van der Waals surface area contributed by atoms with E-state index in [1.807, 2.05) is 6.92 Å². The summed E-state index contributed by atoms with van der Waals surface area (Å²) in [4.78, 5) is 24.0. The van der Waals surface area contributed by atoms with Gasteiger partial charge in [0.25, 0.3) is 0 Å². The maximum atomic E-state index is 13.4. The smallest absolute Gasteiger partial charge is 0.333 e. The lowest BCUT2D eigenvalue weighted by Crippen LogP contribution is -2.24. The van der Waals surface area contributed by atoms with Crippen molar-refractivity contribution in [2.24, 2.45) is 17.0 Å². The lowest BCUT2D eigenvalue weighted by molar-refractivity contribution is 0.100. The molecule has 4 rings (SSSR count). The monoisotopic (exact) mass is 569 g/mol. The molecule has 0 radical (unpaired) electrons. The van der Waals surface area contributed by atoms with E-state index in [9.17, 15) is 22.5 Å². The minimum absolute atomic E-state index is 0.0357. The Morgan fingerprint density at radius 3 is 2.83 bits per heavy atom. The van der Waals surface area contributed by atoms with Gasteiger partial charge in [-0.25, -0.2) is 19.3 Å². The highest BCUT2D eigenvalue weighted by Gasteiger charge is 2.35. The second-order valence-corrected chi connectivity index (χ2v) is 13.0. The van der Waals surface area contributed by atoms with E-state index in [1.54, 1.807) is 30.3 Å². The molecule has 0 aliphatic heterocycles. The highest BCUT2D eigenvalue weighted by Crippen LogP contribution is 2.35. The predicted octanol–water partition coefficient (Wildman–Crippen LogP) is 3.05. The second-order valence-electron chi connectivity index (χ2n) is 8.62. The van der Waals surface area contributed by atoms with Crippen LogP contribution in [0, 0.1) is 18.8 Å². The maximum absolute atomic E-state index is 13.4. The molecule has 1 unspecified atom stereocenters. The Morgan fingerprint density at radius 2 is 2.11 bits per heavy atom. The van der Waals surface area contributed by atoms with Gasteiger partial charge >= 0.3 is 10.3 Å². The van der Waals surface area contributed by atoms with Crippen molar-refractivity contribution in [1.82, 2.24) is 9.97 Å². The Balaban J connectivity index is 1.52. The Labute approximate surface area is 220 Å². The van der Waals surface area contributed by atoms with Crippen LogP contribution in [0.4, 0.5) is 0 Å². The third-order valence-corrected chi connectivity index (χ3v) is 9.41. The van der Waals surface area contributed by atoms with Gasteiger partial charge in [-0.3, -0.25) is 8.98 Å². The van der Waals surface area contributed by atoms with E-state index in [4.69, 9.17) is 16.7 Å². The number of benzene rings is 1. The number of hydrogen-bond acceptors (Lipinski definition) is 9. The van der Waals surface area contributed by atoms with Crippen molar-refractivity contribution in [3.8, 4) is 0 Å². The molecule has 0 saturated heterocycles. The topological polar surface area (TPSA) is 150 Å². The number of carbonyl (C=O) groups is 1. The number of aliphatic hydroxyl groups is 1. The van der Waals surface area contributed by atoms with E-state index < -0.39 is 33.1 Å². The van der Waals surface area contributed by atoms with E-state index in [2.05, 4.69) is 14.2 Å². The van der Waals surface area contributed by atoms with Gasteiger partial charge in [-0.05, 0) is 56.4 Å². The number of aryl methyl sites for hydroxylation is 1. The molecule has 1 aromatic carbocycles. The molecule has 3 aromatic rings. The van der Waals surface area contributed by atoms with E-state index in [0.29, 0.717) is 50.2 Å². The van der Waals surface area contributed by atoms with Crippen LogP contribution in [0.25, 0.3) is 0 Å². The van der Waals surface area contributed by atoms with Gasteiger partial charge in [0.2, 0.25) is 5.78 Å². The summed E-state index contributed by atoms with van der Waals surface area (Å²) in [6.45, 7) is 1.61. The molecular weight excluding hydrogens is 546 g/mol. The van der Waals surface area contributed by atoms with Crippen LogP contribution in [0.15, 0.2) is 52.6 Å². The van der Waals surface area contributed by atoms with Crippen molar-refractivity contribution < 1.29 is 26.7 Å².